The van der Waals surface area contributed by atoms with E-state index < -0.39 is 0 Å². The number of ether oxygens (including phenoxy) is 3. The van der Waals surface area contributed by atoms with Crippen molar-refractivity contribution in [3.63, 3.8) is 0 Å². The molecule has 0 saturated heterocycles. The highest BCUT2D eigenvalue weighted by Crippen LogP contribution is 2.22. The fraction of sp³-hybridized carbons (Fsp3) is 0.286. The second-order valence-corrected chi connectivity index (χ2v) is 6.29. The smallest absolute Gasteiger partial charge is 0.253 e. The molecule has 1 unspecified atom stereocenters. The van der Waals surface area contributed by atoms with Crippen molar-refractivity contribution in [2.45, 2.75) is 6.42 Å². The zero-order valence-electron chi connectivity index (χ0n) is 16.0. The minimum absolute atomic E-state index is 0.224. The Kier molecular flexibility index (Phi) is 5.93. The van der Waals surface area contributed by atoms with Crippen LogP contribution in [0.3, 0.4) is 0 Å². The lowest BCUT2D eigenvalue weighted by molar-refractivity contribution is -0.120. The van der Waals surface area contributed by atoms with Gasteiger partial charge >= 0.3 is 0 Å². The zero-order valence-corrected chi connectivity index (χ0v) is 16.0. The van der Waals surface area contributed by atoms with Crippen LogP contribution in [0.2, 0.25) is 0 Å². The molecule has 146 valence electrons. The Morgan fingerprint density at radius 1 is 1.00 bits per heavy atom. The predicted molar refractivity (Wildman–Crippen MR) is 103 cm³/mol. The van der Waals surface area contributed by atoms with Gasteiger partial charge in [0, 0.05) is 24.2 Å². The molecule has 1 heterocycles. The highest BCUT2D eigenvalue weighted by atomic mass is 16.5. The van der Waals surface area contributed by atoms with Gasteiger partial charge in [-0.15, -0.1) is 0 Å². The summed E-state index contributed by atoms with van der Waals surface area (Å²) in [5.41, 5.74) is 0.428. The Hall–Kier alpha value is -3.35. The average molecular weight is 382 g/mol. The Morgan fingerprint density at radius 2 is 1.68 bits per heavy atom. The number of carbonyl (C=O) groups is 2. The summed E-state index contributed by atoms with van der Waals surface area (Å²) in [7, 11) is 4.62. The second kappa shape index (κ2) is 8.56. The third-order valence-electron chi connectivity index (χ3n) is 4.52. The number of hydrogen-bond donors (Lipinski definition) is 1. The summed E-state index contributed by atoms with van der Waals surface area (Å²) in [4.78, 5) is 28.8. The number of nitrogens with one attached hydrogen (secondary N) is 1. The monoisotopic (exact) mass is 382 g/mol. The minimum Gasteiger partial charge on any atom is -0.497 e. The van der Waals surface area contributed by atoms with Crippen LogP contribution in [0.25, 0.3) is 6.08 Å². The number of fused-ring (bicyclic) bond motifs is 1. The maximum atomic E-state index is 12.4. The molecule has 28 heavy (non-hydrogen) atoms. The first-order chi connectivity index (χ1) is 13.5. The van der Waals surface area contributed by atoms with Crippen LogP contribution in [-0.4, -0.2) is 39.7 Å². The Labute approximate surface area is 162 Å². The van der Waals surface area contributed by atoms with Gasteiger partial charge in [-0.2, -0.15) is 0 Å². The standard InChI is InChI=1S/C21H22N2O5/c1-26-16-5-4-13-8-14(21(25)23-19(13)12-16)6-7-22-20(24)15-9-17(27-2)11-18(10-15)28-3/h4-5,8-12,14H,6-7H2,1-3H3,(H,22,24). The summed E-state index contributed by atoms with van der Waals surface area (Å²) in [5.74, 6) is 0.863. The van der Waals surface area contributed by atoms with Crippen LogP contribution in [0, 0.1) is 5.92 Å². The van der Waals surface area contributed by atoms with Crippen LogP contribution >= 0.6 is 0 Å². The quantitative estimate of drug-likeness (QED) is 0.775. The van der Waals surface area contributed by atoms with Gasteiger partial charge < -0.3 is 19.5 Å². The van der Waals surface area contributed by atoms with Crippen LogP contribution < -0.4 is 30.1 Å². The van der Waals surface area contributed by atoms with E-state index in [-0.39, 0.29) is 17.7 Å². The van der Waals surface area contributed by atoms with Gasteiger partial charge in [0.05, 0.1) is 32.6 Å². The van der Waals surface area contributed by atoms with Crippen LogP contribution in [0.5, 0.6) is 17.2 Å². The van der Waals surface area contributed by atoms with E-state index >= 15 is 0 Å². The molecule has 2 aromatic rings. The van der Waals surface area contributed by atoms with Gasteiger partial charge in [-0.25, -0.2) is 4.99 Å². The molecular formula is C21H22N2O5. The molecule has 7 heteroatoms. The third-order valence-corrected chi connectivity index (χ3v) is 4.52. The maximum Gasteiger partial charge on any atom is 0.253 e. The summed E-state index contributed by atoms with van der Waals surface area (Å²) in [6.07, 6.45) is 2.34. The molecule has 2 aromatic carbocycles. The third kappa shape index (κ3) is 4.31. The molecule has 3 rings (SSSR count). The lowest BCUT2D eigenvalue weighted by atomic mass is 10.00. The number of rotatable bonds is 7. The van der Waals surface area contributed by atoms with E-state index in [1.54, 1.807) is 31.4 Å². The average Bonchev–Trinajstić information content (AvgIpc) is 2.73. The van der Waals surface area contributed by atoms with E-state index in [4.69, 9.17) is 14.2 Å². The summed E-state index contributed by atoms with van der Waals surface area (Å²) >= 11 is 0. The van der Waals surface area contributed by atoms with E-state index in [1.807, 2.05) is 18.2 Å². The maximum absolute atomic E-state index is 12.4. The van der Waals surface area contributed by atoms with E-state index in [9.17, 15) is 9.59 Å². The van der Waals surface area contributed by atoms with Gasteiger partial charge in [0.1, 0.15) is 17.2 Å². The Bertz CT molecular complexity index is 994. The van der Waals surface area contributed by atoms with Crippen molar-refractivity contribution >= 4 is 17.9 Å². The van der Waals surface area contributed by atoms with Crippen molar-refractivity contribution in [3.8, 4) is 17.2 Å². The summed E-state index contributed by atoms with van der Waals surface area (Å²) in [5, 5.41) is 4.32. The molecule has 1 N–H and O–H groups in total. The highest BCUT2D eigenvalue weighted by Gasteiger charge is 2.19. The first-order valence-corrected chi connectivity index (χ1v) is 8.84. The molecule has 1 aliphatic heterocycles. The fourth-order valence-corrected chi connectivity index (χ4v) is 2.97. The van der Waals surface area contributed by atoms with Crippen molar-refractivity contribution in [2.24, 2.45) is 10.9 Å². The predicted octanol–water partition coefficient (Wildman–Crippen LogP) is 1.09. The molecule has 0 fully saturated rings. The van der Waals surface area contributed by atoms with Crippen LogP contribution in [0.4, 0.5) is 0 Å². The minimum atomic E-state index is -0.374. The van der Waals surface area contributed by atoms with Crippen LogP contribution in [-0.2, 0) is 4.79 Å². The number of methoxy groups -OCH3 is 3. The van der Waals surface area contributed by atoms with E-state index in [1.165, 1.54) is 14.2 Å². The molecular weight excluding hydrogens is 360 g/mol. The van der Waals surface area contributed by atoms with Crippen molar-refractivity contribution in [1.29, 1.82) is 0 Å². The van der Waals surface area contributed by atoms with E-state index in [0.29, 0.717) is 41.1 Å². The Morgan fingerprint density at radius 3 is 2.32 bits per heavy atom. The molecule has 0 bridgehead atoms. The molecule has 0 aliphatic carbocycles. The number of hydrogen-bond acceptors (Lipinski definition) is 5. The summed E-state index contributed by atoms with van der Waals surface area (Å²) < 4.78 is 15.5. The van der Waals surface area contributed by atoms with Gasteiger partial charge in [-0.3, -0.25) is 9.59 Å². The van der Waals surface area contributed by atoms with Crippen molar-refractivity contribution in [1.82, 2.24) is 5.32 Å². The number of benzene rings is 2. The summed E-state index contributed by atoms with van der Waals surface area (Å²) in [6.45, 7) is 0.340. The van der Waals surface area contributed by atoms with Gasteiger partial charge in [-0.05, 0) is 35.9 Å². The van der Waals surface area contributed by atoms with Crippen molar-refractivity contribution in [3.05, 3.63) is 52.5 Å². The first kappa shape index (κ1) is 19.4. The van der Waals surface area contributed by atoms with Crippen LogP contribution in [0.15, 0.2) is 41.4 Å². The van der Waals surface area contributed by atoms with Gasteiger partial charge in [-0.1, -0.05) is 6.08 Å². The van der Waals surface area contributed by atoms with Gasteiger partial charge in [0.25, 0.3) is 11.8 Å². The summed E-state index contributed by atoms with van der Waals surface area (Å²) in [6, 6.07) is 10.4. The molecule has 1 atom stereocenters. The molecule has 2 amide bonds. The number of carbonyl (C=O) groups excluding carboxylic acids is 2. The SMILES string of the molecule is COc1cc(OC)cc(C(=O)NCCC2C=c3ccc(OC)cc3=NC2=O)c1. The topological polar surface area (TPSA) is 86.2 Å². The van der Waals surface area contributed by atoms with Gasteiger partial charge in [0.2, 0.25) is 0 Å². The zero-order chi connectivity index (χ0) is 20.1. The molecule has 7 nitrogen and oxygen atoms in total. The normalized spacial score (nSPS) is 15.0. The molecule has 0 aromatic heterocycles. The lowest BCUT2D eigenvalue weighted by Crippen LogP contribution is -2.35. The van der Waals surface area contributed by atoms with Crippen molar-refractivity contribution in [2.75, 3.05) is 27.9 Å². The van der Waals surface area contributed by atoms with Crippen molar-refractivity contribution < 1.29 is 23.8 Å². The van der Waals surface area contributed by atoms with E-state index in [2.05, 4.69) is 10.3 Å². The molecule has 1 aliphatic rings. The lowest BCUT2D eigenvalue weighted by Gasteiger charge is -2.13. The molecule has 0 spiro atoms. The van der Waals surface area contributed by atoms with E-state index in [0.717, 1.165) is 5.22 Å². The largest absolute Gasteiger partial charge is 0.497 e. The highest BCUT2D eigenvalue weighted by molar-refractivity contribution is 5.95. The van der Waals surface area contributed by atoms with Gasteiger partial charge in [0.15, 0.2) is 0 Å². The fourth-order valence-electron chi connectivity index (χ4n) is 2.97. The number of amides is 2. The Balaban J connectivity index is 1.65. The van der Waals surface area contributed by atoms with Crippen LogP contribution in [0.1, 0.15) is 16.8 Å². The first-order valence-electron chi connectivity index (χ1n) is 8.84. The molecule has 0 saturated carbocycles. The number of nitrogens with zero attached hydrogens (tertiary/aromatic N) is 1. The molecule has 0 radical (unpaired) electrons. The second-order valence-electron chi connectivity index (χ2n) is 6.29.